The summed E-state index contributed by atoms with van der Waals surface area (Å²) in [5.41, 5.74) is 0.459. The van der Waals surface area contributed by atoms with Gasteiger partial charge in [0.15, 0.2) is 15.4 Å². The maximum atomic E-state index is 12.7. The molecule has 0 atom stereocenters. The minimum atomic E-state index is -0.135. The molecule has 3 aromatic rings. The normalized spacial score (nSPS) is 11.2. The highest BCUT2D eigenvalue weighted by atomic mass is 32.1. The van der Waals surface area contributed by atoms with E-state index >= 15 is 0 Å². The molecule has 10 heteroatoms. The summed E-state index contributed by atoms with van der Waals surface area (Å²) in [5, 5.41) is 11.7. The second kappa shape index (κ2) is 7.14. The van der Waals surface area contributed by atoms with E-state index in [9.17, 15) is 4.79 Å². The van der Waals surface area contributed by atoms with Crippen LogP contribution in [0, 0.1) is 3.95 Å². The molecular weight excluding hydrogens is 346 g/mol. The van der Waals surface area contributed by atoms with Crippen LogP contribution in [0.25, 0.3) is 10.3 Å². The smallest absolute Gasteiger partial charge is 0.273 e. The van der Waals surface area contributed by atoms with Gasteiger partial charge in [-0.15, -0.1) is 11.7 Å². The van der Waals surface area contributed by atoms with Crippen molar-refractivity contribution in [1.82, 2.24) is 34.3 Å². The van der Waals surface area contributed by atoms with Gasteiger partial charge in [-0.25, -0.2) is 9.67 Å². The van der Waals surface area contributed by atoms with Gasteiger partial charge >= 0.3 is 0 Å². The van der Waals surface area contributed by atoms with E-state index < -0.39 is 0 Å². The number of nitrogens with zero attached hydrogens (tertiary/aromatic N) is 7. The number of fused-ring (bicyclic) bond motifs is 1. The minimum Gasteiger partial charge on any atom is -0.304 e. The molecule has 0 radical (unpaired) electrons. The molecule has 3 rings (SSSR count). The van der Waals surface area contributed by atoms with Crippen LogP contribution in [0.15, 0.2) is 23.8 Å². The molecule has 3 aromatic heterocycles. The van der Waals surface area contributed by atoms with Crippen LogP contribution >= 0.6 is 23.6 Å². The molecule has 0 aliphatic rings. The highest BCUT2D eigenvalue weighted by Crippen LogP contribution is 2.17. The first-order valence-corrected chi connectivity index (χ1v) is 8.83. The fraction of sp³-hybridized carbons (Fsp3) is 0.429. The highest BCUT2D eigenvalue weighted by Gasteiger charge is 2.13. The lowest BCUT2D eigenvalue weighted by Gasteiger charge is -2.06. The number of tetrazole rings is 1. The standard InChI is InChI=1S/C14H17N7OS2/c1-3-5-7-21-10(16-17-18-21)8-19-9-15-12-11(13(19)22)24-14(23)20(12)6-4-2/h4,9H,2-3,5-8H2,1H3. The quantitative estimate of drug-likeness (QED) is 0.472. The van der Waals surface area contributed by atoms with Crippen molar-refractivity contribution in [2.45, 2.75) is 39.4 Å². The van der Waals surface area contributed by atoms with Crippen molar-refractivity contribution in [2.24, 2.45) is 0 Å². The SMILES string of the molecule is C=CCn1c(=S)sc2c(=O)n(Cc3nnnn3CCCC)cnc21. The Morgan fingerprint density at radius 3 is 3.04 bits per heavy atom. The lowest BCUT2D eigenvalue weighted by molar-refractivity contribution is 0.521. The Labute approximate surface area is 147 Å². The van der Waals surface area contributed by atoms with Crippen LogP contribution in [0.5, 0.6) is 0 Å². The molecule has 0 aromatic carbocycles. The summed E-state index contributed by atoms with van der Waals surface area (Å²) in [6, 6.07) is 0. The maximum Gasteiger partial charge on any atom is 0.273 e. The number of unbranched alkanes of at least 4 members (excludes halogenated alkanes) is 1. The zero-order chi connectivity index (χ0) is 17.1. The molecule has 0 spiro atoms. The average Bonchev–Trinajstić information content (AvgIpc) is 3.14. The Hall–Kier alpha value is -2.20. The van der Waals surface area contributed by atoms with E-state index in [0.717, 1.165) is 19.4 Å². The number of hydrogen-bond donors (Lipinski definition) is 0. The van der Waals surface area contributed by atoms with Gasteiger partial charge in [0, 0.05) is 13.1 Å². The monoisotopic (exact) mass is 363 g/mol. The summed E-state index contributed by atoms with van der Waals surface area (Å²) in [7, 11) is 0. The number of thiazole rings is 1. The molecule has 3 heterocycles. The van der Waals surface area contributed by atoms with Crippen LogP contribution < -0.4 is 5.56 Å². The molecule has 0 N–H and O–H groups in total. The summed E-state index contributed by atoms with van der Waals surface area (Å²) in [6.45, 7) is 7.36. The van der Waals surface area contributed by atoms with Gasteiger partial charge in [-0.05, 0) is 29.1 Å². The van der Waals surface area contributed by atoms with E-state index in [-0.39, 0.29) is 12.1 Å². The lowest BCUT2D eigenvalue weighted by atomic mass is 10.3. The van der Waals surface area contributed by atoms with Crippen LogP contribution in [0.4, 0.5) is 0 Å². The topological polar surface area (TPSA) is 83.4 Å². The Morgan fingerprint density at radius 1 is 1.46 bits per heavy atom. The third-order valence-electron chi connectivity index (χ3n) is 3.60. The van der Waals surface area contributed by atoms with Gasteiger partial charge in [0.05, 0.1) is 6.54 Å². The summed E-state index contributed by atoms with van der Waals surface area (Å²) in [5.74, 6) is 0.640. The van der Waals surface area contributed by atoms with E-state index in [0.29, 0.717) is 26.7 Å². The molecular formula is C14H17N7OS2. The fourth-order valence-electron chi connectivity index (χ4n) is 2.35. The summed E-state index contributed by atoms with van der Waals surface area (Å²) >= 11 is 6.58. The van der Waals surface area contributed by atoms with Gasteiger partial charge in [0.2, 0.25) is 0 Å². The van der Waals surface area contributed by atoms with E-state index in [1.807, 2.05) is 0 Å². The largest absolute Gasteiger partial charge is 0.304 e. The van der Waals surface area contributed by atoms with Crippen LogP contribution in [-0.4, -0.2) is 34.3 Å². The van der Waals surface area contributed by atoms with Crippen molar-refractivity contribution >= 4 is 33.9 Å². The molecule has 0 saturated carbocycles. The number of hydrogen-bond acceptors (Lipinski definition) is 7. The second-order valence-electron chi connectivity index (χ2n) is 5.27. The minimum absolute atomic E-state index is 0.135. The first-order chi connectivity index (χ1) is 11.7. The van der Waals surface area contributed by atoms with Gasteiger partial charge in [-0.3, -0.25) is 9.36 Å². The van der Waals surface area contributed by atoms with Gasteiger partial charge in [-0.1, -0.05) is 30.8 Å². The first kappa shape index (κ1) is 16.7. The zero-order valence-electron chi connectivity index (χ0n) is 13.3. The summed E-state index contributed by atoms with van der Waals surface area (Å²) in [6.07, 6.45) is 5.28. The van der Waals surface area contributed by atoms with E-state index in [1.54, 1.807) is 15.3 Å². The molecule has 0 aliphatic heterocycles. The first-order valence-electron chi connectivity index (χ1n) is 7.60. The van der Waals surface area contributed by atoms with Crippen molar-refractivity contribution in [3.05, 3.63) is 39.1 Å². The molecule has 0 unspecified atom stereocenters. The third-order valence-corrected chi connectivity index (χ3v) is 5.02. The molecule has 126 valence electrons. The molecule has 0 saturated heterocycles. The van der Waals surface area contributed by atoms with Crippen LogP contribution in [0.2, 0.25) is 0 Å². The Balaban J connectivity index is 1.98. The fourth-order valence-corrected chi connectivity index (χ4v) is 3.66. The average molecular weight is 363 g/mol. The molecule has 0 amide bonds. The number of allylic oxidation sites excluding steroid dienone is 1. The Bertz CT molecular complexity index is 981. The number of aromatic nitrogens is 7. The molecule has 0 fully saturated rings. The van der Waals surface area contributed by atoms with Gasteiger partial charge in [0.25, 0.3) is 5.56 Å². The lowest BCUT2D eigenvalue weighted by Crippen LogP contribution is -2.23. The number of aryl methyl sites for hydroxylation is 1. The summed E-state index contributed by atoms with van der Waals surface area (Å²) < 4.78 is 6.20. The zero-order valence-corrected chi connectivity index (χ0v) is 14.9. The molecule has 24 heavy (non-hydrogen) atoms. The highest BCUT2D eigenvalue weighted by molar-refractivity contribution is 7.73. The number of rotatable bonds is 7. The van der Waals surface area contributed by atoms with Crippen LogP contribution in [0.1, 0.15) is 25.6 Å². The van der Waals surface area contributed by atoms with Crippen molar-refractivity contribution in [2.75, 3.05) is 0 Å². The predicted molar refractivity (Wildman–Crippen MR) is 94.7 cm³/mol. The molecule has 0 aliphatic carbocycles. The molecule has 0 bridgehead atoms. The van der Waals surface area contributed by atoms with Gasteiger partial charge in [-0.2, -0.15) is 0 Å². The Morgan fingerprint density at radius 2 is 2.29 bits per heavy atom. The summed E-state index contributed by atoms with van der Waals surface area (Å²) in [4.78, 5) is 17.1. The van der Waals surface area contributed by atoms with Gasteiger partial charge in [0.1, 0.15) is 11.0 Å². The Kier molecular flexibility index (Phi) is 4.95. The molecule has 8 nitrogen and oxygen atoms in total. The predicted octanol–water partition coefficient (Wildman–Crippen LogP) is 2.01. The second-order valence-corrected chi connectivity index (χ2v) is 6.91. The van der Waals surface area contributed by atoms with Crippen LogP contribution in [-0.2, 0) is 19.6 Å². The van der Waals surface area contributed by atoms with E-state index in [1.165, 1.54) is 22.2 Å². The van der Waals surface area contributed by atoms with Crippen molar-refractivity contribution < 1.29 is 0 Å². The van der Waals surface area contributed by atoms with E-state index in [4.69, 9.17) is 12.2 Å². The van der Waals surface area contributed by atoms with Crippen molar-refractivity contribution in [3.63, 3.8) is 0 Å². The van der Waals surface area contributed by atoms with Crippen LogP contribution in [0.3, 0.4) is 0 Å². The van der Waals surface area contributed by atoms with Crippen molar-refractivity contribution in [1.29, 1.82) is 0 Å². The van der Waals surface area contributed by atoms with Gasteiger partial charge < -0.3 is 4.57 Å². The van der Waals surface area contributed by atoms with Crippen molar-refractivity contribution in [3.8, 4) is 0 Å². The third kappa shape index (κ3) is 3.06. The van der Waals surface area contributed by atoms with E-state index in [2.05, 4.69) is 34.0 Å². The maximum absolute atomic E-state index is 12.7.